The van der Waals surface area contributed by atoms with Crippen molar-refractivity contribution in [1.82, 2.24) is 5.16 Å². The Kier molecular flexibility index (Phi) is 4.15. The third kappa shape index (κ3) is 2.98. The van der Waals surface area contributed by atoms with Crippen molar-refractivity contribution in [3.05, 3.63) is 34.2 Å². The lowest BCUT2D eigenvalue weighted by atomic mass is 10.2. The quantitative estimate of drug-likeness (QED) is 0.931. The Morgan fingerprint density at radius 2 is 1.95 bits per heavy atom. The summed E-state index contributed by atoms with van der Waals surface area (Å²) < 4.78 is 37.5. The number of hydrogen-bond donors (Lipinski definition) is 1. The minimum Gasteiger partial charge on any atom is -0.495 e. The van der Waals surface area contributed by atoms with Gasteiger partial charge in [-0.3, -0.25) is 4.72 Å². The van der Waals surface area contributed by atoms with Gasteiger partial charge in [-0.2, -0.15) is 0 Å². The molecule has 0 atom stereocenters. The number of hydrogen-bond acceptors (Lipinski definition) is 5. The molecule has 0 saturated carbocycles. The number of methoxy groups -OCH3 is 1. The molecule has 0 fully saturated rings. The van der Waals surface area contributed by atoms with E-state index in [1.165, 1.54) is 7.11 Å². The molecule has 0 aliphatic carbocycles. The molecule has 8 heteroatoms. The molecule has 0 saturated heterocycles. The molecule has 2 rings (SSSR count). The van der Waals surface area contributed by atoms with E-state index in [2.05, 4.69) is 9.88 Å². The number of nitrogens with zero attached hydrogens (tertiary/aromatic N) is 1. The minimum absolute atomic E-state index is 0.0251. The van der Waals surface area contributed by atoms with Gasteiger partial charge in [0.15, 0.2) is 10.7 Å². The number of anilines is 1. The van der Waals surface area contributed by atoms with E-state index in [0.29, 0.717) is 22.2 Å². The molecule has 1 heterocycles. The molecule has 114 valence electrons. The Labute approximate surface area is 128 Å². The van der Waals surface area contributed by atoms with Gasteiger partial charge in [0, 0.05) is 11.1 Å². The Balaban J connectivity index is 2.49. The number of sulfonamides is 1. The lowest BCUT2D eigenvalue weighted by Crippen LogP contribution is -2.15. The lowest BCUT2D eigenvalue weighted by molar-refractivity contribution is 0.390. The van der Waals surface area contributed by atoms with Gasteiger partial charge in [-0.05, 0) is 32.4 Å². The zero-order valence-electron chi connectivity index (χ0n) is 12.0. The first kappa shape index (κ1) is 15.7. The smallest absolute Gasteiger partial charge is 0.267 e. The topological polar surface area (TPSA) is 81.4 Å². The highest BCUT2D eigenvalue weighted by Crippen LogP contribution is 2.33. The van der Waals surface area contributed by atoms with Crippen molar-refractivity contribution in [3.8, 4) is 5.75 Å². The van der Waals surface area contributed by atoms with Crippen LogP contribution >= 0.6 is 11.6 Å². The fourth-order valence-electron chi connectivity index (χ4n) is 1.97. The number of halogens is 1. The van der Waals surface area contributed by atoms with Gasteiger partial charge in [-0.25, -0.2) is 8.42 Å². The molecule has 1 aromatic heterocycles. The zero-order chi connectivity index (χ0) is 15.8. The third-order valence-electron chi connectivity index (χ3n) is 2.96. The zero-order valence-corrected chi connectivity index (χ0v) is 13.6. The summed E-state index contributed by atoms with van der Waals surface area (Å²) >= 11 is 6.00. The Morgan fingerprint density at radius 1 is 1.29 bits per heavy atom. The van der Waals surface area contributed by atoms with Gasteiger partial charge < -0.3 is 9.26 Å². The maximum absolute atomic E-state index is 12.5. The fourth-order valence-corrected chi connectivity index (χ4v) is 3.51. The van der Waals surface area contributed by atoms with Crippen molar-refractivity contribution in [2.45, 2.75) is 25.7 Å². The summed E-state index contributed by atoms with van der Waals surface area (Å²) in [4.78, 5) is 0.0251. The predicted octanol–water partition coefficient (Wildman–Crippen LogP) is 3.06. The van der Waals surface area contributed by atoms with Crippen LogP contribution < -0.4 is 9.46 Å². The molecular weight excluding hydrogens is 316 g/mol. The second-order valence-corrected chi connectivity index (χ2v) is 6.59. The summed E-state index contributed by atoms with van der Waals surface area (Å²) in [6, 6.07) is 3.17. The first-order chi connectivity index (χ1) is 9.76. The maximum atomic E-state index is 12.5. The first-order valence-corrected chi connectivity index (χ1v) is 7.92. The average molecular weight is 331 g/mol. The van der Waals surface area contributed by atoms with E-state index < -0.39 is 10.0 Å². The van der Waals surface area contributed by atoms with Crippen LogP contribution in [0.2, 0.25) is 5.02 Å². The van der Waals surface area contributed by atoms with E-state index in [4.69, 9.17) is 20.9 Å². The van der Waals surface area contributed by atoms with E-state index in [1.54, 1.807) is 32.9 Å². The highest BCUT2D eigenvalue weighted by molar-refractivity contribution is 7.92. The van der Waals surface area contributed by atoms with Gasteiger partial charge in [0.25, 0.3) is 10.0 Å². The van der Waals surface area contributed by atoms with Crippen molar-refractivity contribution in [2.75, 3.05) is 11.8 Å². The van der Waals surface area contributed by atoms with E-state index >= 15 is 0 Å². The second-order valence-electron chi connectivity index (χ2n) is 4.56. The standard InChI is InChI=1S/C13H15ClN2O4S/c1-7-5-11(12(19-4)6-10(7)14)16-21(17,18)13-8(2)15-20-9(13)3/h5-6,16H,1-4H3. The Morgan fingerprint density at radius 3 is 2.48 bits per heavy atom. The summed E-state index contributed by atoms with van der Waals surface area (Å²) in [6.07, 6.45) is 0. The predicted molar refractivity (Wildman–Crippen MR) is 79.5 cm³/mol. The van der Waals surface area contributed by atoms with E-state index in [1.807, 2.05) is 0 Å². The van der Waals surface area contributed by atoms with Crippen LogP contribution in [0.4, 0.5) is 5.69 Å². The van der Waals surface area contributed by atoms with E-state index in [0.717, 1.165) is 5.56 Å². The molecule has 0 aliphatic rings. The van der Waals surface area contributed by atoms with E-state index in [9.17, 15) is 8.42 Å². The number of nitrogens with one attached hydrogen (secondary N) is 1. The summed E-state index contributed by atoms with van der Waals surface area (Å²) in [7, 11) is -2.38. The van der Waals surface area contributed by atoms with Crippen LogP contribution in [-0.2, 0) is 10.0 Å². The van der Waals surface area contributed by atoms with Gasteiger partial charge in [0.2, 0.25) is 0 Å². The van der Waals surface area contributed by atoms with Crippen LogP contribution in [-0.4, -0.2) is 20.7 Å². The Bertz CT molecular complexity index is 764. The lowest BCUT2D eigenvalue weighted by Gasteiger charge is -2.13. The van der Waals surface area contributed by atoms with Gasteiger partial charge in [-0.15, -0.1) is 0 Å². The fraction of sp³-hybridized carbons (Fsp3) is 0.308. The number of aromatic nitrogens is 1. The monoisotopic (exact) mass is 330 g/mol. The minimum atomic E-state index is -3.82. The molecular formula is C13H15ClN2O4S. The van der Waals surface area contributed by atoms with Crippen LogP contribution in [0.5, 0.6) is 5.75 Å². The normalized spacial score (nSPS) is 11.5. The van der Waals surface area contributed by atoms with Gasteiger partial charge in [-0.1, -0.05) is 16.8 Å². The highest BCUT2D eigenvalue weighted by Gasteiger charge is 2.25. The summed E-state index contributed by atoms with van der Waals surface area (Å²) in [6.45, 7) is 4.88. The molecule has 1 aromatic carbocycles. The average Bonchev–Trinajstić information content (AvgIpc) is 2.73. The molecule has 0 unspecified atom stereocenters. The van der Waals surface area contributed by atoms with Crippen LogP contribution in [0.1, 0.15) is 17.0 Å². The van der Waals surface area contributed by atoms with Crippen molar-refractivity contribution in [2.24, 2.45) is 0 Å². The van der Waals surface area contributed by atoms with Gasteiger partial charge >= 0.3 is 0 Å². The second kappa shape index (κ2) is 5.57. The van der Waals surface area contributed by atoms with Crippen molar-refractivity contribution < 1.29 is 17.7 Å². The number of aryl methyl sites for hydroxylation is 3. The van der Waals surface area contributed by atoms with Crippen LogP contribution in [0.15, 0.2) is 21.6 Å². The SMILES string of the molecule is COc1cc(Cl)c(C)cc1NS(=O)(=O)c1c(C)noc1C. The maximum Gasteiger partial charge on any atom is 0.267 e. The molecule has 0 amide bonds. The van der Waals surface area contributed by atoms with Crippen molar-refractivity contribution >= 4 is 27.3 Å². The number of rotatable bonds is 4. The summed E-state index contributed by atoms with van der Waals surface area (Å²) in [5.74, 6) is 0.561. The van der Waals surface area contributed by atoms with E-state index in [-0.39, 0.29) is 10.7 Å². The molecule has 0 aliphatic heterocycles. The van der Waals surface area contributed by atoms with Crippen LogP contribution in [0.25, 0.3) is 0 Å². The Hall–Kier alpha value is -1.73. The molecule has 1 N–H and O–H groups in total. The molecule has 6 nitrogen and oxygen atoms in total. The third-order valence-corrected chi connectivity index (χ3v) is 4.98. The molecule has 0 radical (unpaired) electrons. The van der Waals surface area contributed by atoms with Crippen molar-refractivity contribution in [1.29, 1.82) is 0 Å². The van der Waals surface area contributed by atoms with Gasteiger partial charge in [0.1, 0.15) is 11.4 Å². The van der Waals surface area contributed by atoms with Crippen LogP contribution in [0, 0.1) is 20.8 Å². The highest BCUT2D eigenvalue weighted by atomic mass is 35.5. The molecule has 0 spiro atoms. The summed E-state index contributed by atoms with van der Waals surface area (Å²) in [5, 5.41) is 4.14. The first-order valence-electron chi connectivity index (χ1n) is 6.06. The van der Waals surface area contributed by atoms with Crippen molar-refractivity contribution in [3.63, 3.8) is 0 Å². The molecule has 21 heavy (non-hydrogen) atoms. The molecule has 2 aromatic rings. The molecule has 0 bridgehead atoms. The largest absolute Gasteiger partial charge is 0.495 e. The number of benzene rings is 1. The summed E-state index contributed by atoms with van der Waals surface area (Å²) in [5.41, 5.74) is 1.33. The number of ether oxygens (including phenoxy) is 1. The van der Waals surface area contributed by atoms with Crippen LogP contribution in [0.3, 0.4) is 0 Å². The van der Waals surface area contributed by atoms with Gasteiger partial charge in [0.05, 0.1) is 12.8 Å².